The Bertz CT molecular complexity index is 929. The highest BCUT2D eigenvalue weighted by atomic mass is 35.5. The van der Waals surface area contributed by atoms with Gasteiger partial charge in [-0.25, -0.2) is 4.98 Å². The zero-order chi connectivity index (χ0) is 17.8. The van der Waals surface area contributed by atoms with Crippen LogP contribution in [0.5, 0.6) is 0 Å². The zero-order valence-electron chi connectivity index (χ0n) is 12.6. The highest BCUT2D eigenvalue weighted by Gasteiger charge is 2.14. The minimum Gasteiger partial charge on any atom is -0.321 e. The highest BCUT2D eigenvalue weighted by molar-refractivity contribution is 7.14. The van der Waals surface area contributed by atoms with E-state index in [1.165, 1.54) is 11.3 Å². The van der Waals surface area contributed by atoms with Gasteiger partial charge in [-0.15, -0.1) is 11.3 Å². The summed E-state index contributed by atoms with van der Waals surface area (Å²) in [6, 6.07) is 13.5. The maximum Gasteiger partial charge on any atom is 0.275 e. The van der Waals surface area contributed by atoms with E-state index in [0.717, 1.165) is 0 Å². The minimum atomic E-state index is -0.408. The van der Waals surface area contributed by atoms with E-state index in [1.807, 2.05) is 6.07 Å². The number of hydrogen-bond donors (Lipinski definition) is 2. The lowest BCUT2D eigenvalue weighted by Crippen LogP contribution is -2.14. The second-order valence-electron chi connectivity index (χ2n) is 4.94. The molecular formula is C17H11Cl2N3O2S. The fourth-order valence-corrected chi connectivity index (χ4v) is 2.95. The average Bonchev–Trinajstić information content (AvgIpc) is 3.07. The average molecular weight is 392 g/mol. The minimum absolute atomic E-state index is 0.194. The Morgan fingerprint density at radius 3 is 2.40 bits per heavy atom. The summed E-state index contributed by atoms with van der Waals surface area (Å²) in [7, 11) is 0. The Kier molecular flexibility index (Phi) is 5.33. The lowest BCUT2D eigenvalue weighted by Gasteiger charge is -2.04. The fourth-order valence-electron chi connectivity index (χ4n) is 1.96. The summed E-state index contributed by atoms with van der Waals surface area (Å²) in [6.07, 6.45) is 0. The van der Waals surface area contributed by atoms with Crippen LogP contribution >= 0.6 is 34.5 Å². The Balaban J connectivity index is 1.67. The van der Waals surface area contributed by atoms with Crippen molar-refractivity contribution in [1.82, 2.24) is 4.98 Å². The predicted molar refractivity (Wildman–Crippen MR) is 101 cm³/mol. The number of thiazole rings is 1. The second-order valence-corrected chi connectivity index (χ2v) is 6.61. The molecule has 0 fully saturated rings. The zero-order valence-corrected chi connectivity index (χ0v) is 15.0. The molecule has 2 N–H and O–H groups in total. The molecule has 2 aromatic carbocycles. The van der Waals surface area contributed by atoms with Crippen molar-refractivity contribution in [2.75, 3.05) is 10.6 Å². The van der Waals surface area contributed by atoms with E-state index in [2.05, 4.69) is 15.6 Å². The number of carbonyl (C=O) groups is 2. The first-order valence-corrected chi connectivity index (χ1v) is 8.75. The molecule has 0 unspecified atom stereocenters. The standard InChI is InChI=1S/C17H11Cl2N3O2S/c18-12-7-6-11(8-13(12)19)20-16(24)14-9-25-17(21-14)22-15(23)10-4-2-1-3-5-10/h1-9H,(H,20,24)(H,21,22,23). The molecule has 126 valence electrons. The van der Waals surface area contributed by atoms with Crippen molar-refractivity contribution in [2.45, 2.75) is 0 Å². The third-order valence-electron chi connectivity index (χ3n) is 3.17. The number of anilines is 2. The maximum absolute atomic E-state index is 12.2. The van der Waals surface area contributed by atoms with Crippen molar-refractivity contribution in [3.05, 3.63) is 75.2 Å². The molecule has 0 atom stereocenters. The smallest absolute Gasteiger partial charge is 0.275 e. The Hall–Kier alpha value is -2.41. The van der Waals surface area contributed by atoms with Gasteiger partial charge in [0.15, 0.2) is 5.13 Å². The van der Waals surface area contributed by atoms with E-state index < -0.39 is 5.91 Å². The molecule has 0 aliphatic rings. The van der Waals surface area contributed by atoms with Crippen LogP contribution in [0.3, 0.4) is 0 Å². The molecule has 0 bridgehead atoms. The summed E-state index contributed by atoms with van der Waals surface area (Å²) in [4.78, 5) is 28.4. The van der Waals surface area contributed by atoms with Crippen LogP contribution in [0.15, 0.2) is 53.9 Å². The third kappa shape index (κ3) is 4.36. The maximum atomic E-state index is 12.2. The van der Waals surface area contributed by atoms with E-state index in [0.29, 0.717) is 26.4 Å². The van der Waals surface area contributed by atoms with Gasteiger partial charge in [0, 0.05) is 16.6 Å². The molecule has 1 heterocycles. The number of benzene rings is 2. The van der Waals surface area contributed by atoms with E-state index in [-0.39, 0.29) is 11.6 Å². The molecule has 5 nitrogen and oxygen atoms in total. The summed E-state index contributed by atoms with van der Waals surface area (Å²) in [5.74, 6) is -0.693. The molecule has 2 amide bonds. The first kappa shape index (κ1) is 17.4. The number of aromatic nitrogens is 1. The number of halogens is 2. The number of nitrogens with zero attached hydrogens (tertiary/aromatic N) is 1. The van der Waals surface area contributed by atoms with Crippen LogP contribution in [0, 0.1) is 0 Å². The number of hydrogen-bond acceptors (Lipinski definition) is 4. The fraction of sp³-hybridized carbons (Fsp3) is 0. The largest absolute Gasteiger partial charge is 0.321 e. The summed E-state index contributed by atoms with van der Waals surface area (Å²) >= 11 is 12.9. The van der Waals surface area contributed by atoms with Crippen molar-refractivity contribution in [1.29, 1.82) is 0 Å². The monoisotopic (exact) mass is 391 g/mol. The number of amides is 2. The number of rotatable bonds is 4. The first-order chi connectivity index (χ1) is 12.0. The van der Waals surface area contributed by atoms with Crippen molar-refractivity contribution >= 4 is 57.2 Å². The highest BCUT2D eigenvalue weighted by Crippen LogP contribution is 2.25. The molecule has 0 aliphatic carbocycles. The van der Waals surface area contributed by atoms with Crippen LogP contribution in [0.4, 0.5) is 10.8 Å². The second kappa shape index (κ2) is 7.65. The Morgan fingerprint density at radius 1 is 0.920 bits per heavy atom. The van der Waals surface area contributed by atoms with E-state index in [1.54, 1.807) is 47.8 Å². The normalized spacial score (nSPS) is 10.3. The van der Waals surface area contributed by atoms with Gasteiger partial charge >= 0.3 is 0 Å². The molecule has 3 rings (SSSR count). The van der Waals surface area contributed by atoms with Gasteiger partial charge in [-0.1, -0.05) is 41.4 Å². The van der Waals surface area contributed by atoms with Gasteiger partial charge in [0.1, 0.15) is 5.69 Å². The predicted octanol–water partition coefficient (Wildman–Crippen LogP) is 4.95. The van der Waals surface area contributed by atoms with Crippen LogP contribution < -0.4 is 10.6 Å². The van der Waals surface area contributed by atoms with Gasteiger partial charge in [-0.3, -0.25) is 14.9 Å². The van der Waals surface area contributed by atoms with Crippen LogP contribution in [0.25, 0.3) is 0 Å². The van der Waals surface area contributed by atoms with Crippen molar-refractivity contribution in [3.8, 4) is 0 Å². The van der Waals surface area contributed by atoms with Crippen LogP contribution in [0.1, 0.15) is 20.8 Å². The molecule has 3 aromatic rings. The van der Waals surface area contributed by atoms with Crippen LogP contribution in [-0.4, -0.2) is 16.8 Å². The van der Waals surface area contributed by atoms with Gasteiger partial charge in [-0.05, 0) is 30.3 Å². The van der Waals surface area contributed by atoms with Crippen LogP contribution in [0.2, 0.25) is 10.0 Å². The molecule has 1 aromatic heterocycles. The Morgan fingerprint density at radius 2 is 1.68 bits per heavy atom. The lowest BCUT2D eigenvalue weighted by molar-refractivity contribution is 0.101. The van der Waals surface area contributed by atoms with Gasteiger partial charge in [-0.2, -0.15) is 0 Å². The number of carbonyl (C=O) groups excluding carboxylic acids is 2. The van der Waals surface area contributed by atoms with Gasteiger partial charge in [0.25, 0.3) is 11.8 Å². The molecule has 25 heavy (non-hydrogen) atoms. The Labute approximate surface area is 157 Å². The van der Waals surface area contributed by atoms with Gasteiger partial charge in [0.05, 0.1) is 10.0 Å². The van der Waals surface area contributed by atoms with E-state index in [4.69, 9.17) is 23.2 Å². The van der Waals surface area contributed by atoms with Crippen LogP contribution in [-0.2, 0) is 0 Å². The summed E-state index contributed by atoms with van der Waals surface area (Å²) in [6.45, 7) is 0. The topological polar surface area (TPSA) is 71.1 Å². The van der Waals surface area contributed by atoms with Gasteiger partial charge < -0.3 is 5.32 Å². The number of nitrogens with one attached hydrogen (secondary N) is 2. The summed E-state index contributed by atoms with van der Waals surface area (Å²) in [5, 5.41) is 7.99. The third-order valence-corrected chi connectivity index (χ3v) is 4.67. The van der Waals surface area contributed by atoms with E-state index in [9.17, 15) is 9.59 Å². The molecule has 8 heteroatoms. The molecular weight excluding hydrogens is 381 g/mol. The van der Waals surface area contributed by atoms with Crippen molar-refractivity contribution in [2.24, 2.45) is 0 Å². The van der Waals surface area contributed by atoms with Crippen molar-refractivity contribution < 1.29 is 9.59 Å². The first-order valence-electron chi connectivity index (χ1n) is 7.11. The molecule has 0 saturated carbocycles. The quantitative estimate of drug-likeness (QED) is 0.660. The molecule has 0 radical (unpaired) electrons. The molecule has 0 aliphatic heterocycles. The summed E-state index contributed by atoms with van der Waals surface area (Å²) in [5.41, 5.74) is 1.21. The summed E-state index contributed by atoms with van der Waals surface area (Å²) < 4.78 is 0. The SMILES string of the molecule is O=C(Nc1nc(C(=O)Nc2ccc(Cl)c(Cl)c2)cs1)c1ccccc1. The van der Waals surface area contributed by atoms with Gasteiger partial charge in [0.2, 0.25) is 0 Å². The van der Waals surface area contributed by atoms with E-state index >= 15 is 0 Å². The van der Waals surface area contributed by atoms with Crippen molar-refractivity contribution in [3.63, 3.8) is 0 Å². The lowest BCUT2D eigenvalue weighted by atomic mass is 10.2. The molecule has 0 saturated heterocycles. The molecule has 0 spiro atoms.